The molecule has 0 radical (unpaired) electrons. The first-order valence-corrected chi connectivity index (χ1v) is 8.66. The number of benzene rings is 2. The van der Waals surface area contributed by atoms with Crippen LogP contribution >= 0.6 is 0 Å². The Labute approximate surface area is 148 Å². The maximum absolute atomic E-state index is 12.0. The molecule has 1 heterocycles. The number of hydrogen-bond donors (Lipinski definition) is 2. The van der Waals surface area contributed by atoms with E-state index in [0.717, 1.165) is 5.69 Å². The van der Waals surface area contributed by atoms with Crippen LogP contribution in [0.2, 0.25) is 0 Å². The average molecular weight is 334 g/mol. The number of hydrogen-bond acceptors (Lipinski definition) is 2. The summed E-state index contributed by atoms with van der Waals surface area (Å²) in [5.41, 5.74) is 2.32. The van der Waals surface area contributed by atoms with Crippen molar-refractivity contribution in [3.63, 3.8) is 0 Å². The van der Waals surface area contributed by atoms with Crippen LogP contribution in [0.1, 0.15) is 12.0 Å². The maximum atomic E-state index is 12.0. The van der Waals surface area contributed by atoms with Crippen molar-refractivity contribution in [3.05, 3.63) is 72.6 Å². The molecule has 3 rings (SSSR count). The molecule has 4 heteroatoms. The molecule has 4 nitrogen and oxygen atoms in total. The highest BCUT2D eigenvalue weighted by Crippen LogP contribution is 2.22. The Morgan fingerprint density at radius 2 is 1.72 bits per heavy atom. The molecule has 0 spiro atoms. The number of aryl methyl sites for hydroxylation is 2. The summed E-state index contributed by atoms with van der Waals surface area (Å²) in [4.78, 5) is 12.0. The highest BCUT2D eigenvalue weighted by molar-refractivity contribution is 5.93. The Morgan fingerprint density at radius 3 is 2.56 bits per heavy atom. The summed E-state index contributed by atoms with van der Waals surface area (Å²) in [6.07, 6.45) is 4.50. The van der Waals surface area contributed by atoms with E-state index < -0.39 is 0 Å². The number of aromatic nitrogens is 1. The molecule has 0 aliphatic heterocycles. The third kappa shape index (κ3) is 4.80. The second kappa shape index (κ2) is 8.29. The van der Waals surface area contributed by atoms with Crippen LogP contribution in [0.25, 0.3) is 10.8 Å². The predicted octanol–water partition coefficient (Wildman–Crippen LogP) is 3.05. The lowest BCUT2D eigenvalue weighted by molar-refractivity contribution is -0.695. The van der Waals surface area contributed by atoms with Gasteiger partial charge in [0.2, 0.25) is 5.91 Å². The van der Waals surface area contributed by atoms with Crippen LogP contribution in [-0.4, -0.2) is 19.0 Å². The van der Waals surface area contributed by atoms with E-state index in [-0.39, 0.29) is 5.91 Å². The Kier molecular flexibility index (Phi) is 5.62. The molecule has 1 amide bonds. The van der Waals surface area contributed by atoms with E-state index >= 15 is 0 Å². The molecule has 128 valence electrons. The number of nitrogens with one attached hydrogen (secondary N) is 2. The van der Waals surface area contributed by atoms with Crippen molar-refractivity contribution in [2.45, 2.75) is 19.9 Å². The highest BCUT2D eigenvalue weighted by atomic mass is 16.1. The fourth-order valence-corrected chi connectivity index (χ4v) is 2.78. The zero-order valence-corrected chi connectivity index (χ0v) is 14.5. The average Bonchev–Trinajstić information content (AvgIpc) is 2.65. The van der Waals surface area contributed by atoms with E-state index in [0.29, 0.717) is 26.1 Å². The van der Waals surface area contributed by atoms with Crippen LogP contribution in [0.4, 0.5) is 5.69 Å². The monoisotopic (exact) mass is 334 g/mol. The fraction of sp³-hybridized carbons (Fsp3) is 0.238. The van der Waals surface area contributed by atoms with Gasteiger partial charge in [0.15, 0.2) is 18.9 Å². The van der Waals surface area contributed by atoms with Gasteiger partial charge >= 0.3 is 0 Å². The normalized spacial score (nSPS) is 10.6. The number of nitrogens with zero attached hydrogens (tertiary/aromatic N) is 1. The largest absolute Gasteiger partial charge is 0.383 e. The van der Waals surface area contributed by atoms with E-state index in [4.69, 9.17) is 0 Å². The third-order valence-corrected chi connectivity index (χ3v) is 4.21. The predicted molar refractivity (Wildman–Crippen MR) is 101 cm³/mol. The smallest absolute Gasteiger partial charge is 0.226 e. The van der Waals surface area contributed by atoms with Crippen molar-refractivity contribution < 1.29 is 9.36 Å². The van der Waals surface area contributed by atoms with Crippen LogP contribution in [0.15, 0.2) is 67.0 Å². The van der Waals surface area contributed by atoms with E-state index in [9.17, 15) is 4.79 Å². The molecule has 2 aromatic carbocycles. The standard InChI is InChI=1S/C21H23N3O/c1-17-9-14-24(15-10-17)16-11-21(25)23-13-12-22-20-8-4-6-18-5-2-3-7-19(18)20/h2-10,14-15,22H,11-13,16H2,1H3/p+1. The molecule has 25 heavy (non-hydrogen) atoms. The zero-order chi connectivity index (χ0) is 17.5. The van der Waals surface area contributed by atoms with E-state index in [1.165, 1.54) is 16.3 Å². The molecule has 3 aromatic rings. The number of carbonyl (C=O) groups excluding carboxylic acids is 1. The van der Waals surface area contributed by atoms with Gasteiger partial charge in [-0.3, -0.25) is 4.79 Å². The van der Waals surface area contributed by atoms with Crippen molar-refractivity contribution in [2.75, 3.05) is 18.4 Å². The van der Waals surface area contributed by atoms with Gasteiger partial charge in [-0.05, 0) is 23.9 Å². The number of carbonyl (C=O) groups is 1. The lowest BCUT2D eigenvalue weighted by Crippen LogP contribution is -2.37. The lowest BCUT2D eigenvalue weighted by atomic mass is 10.1. The topological polar surface area (TPSA) is 45.0 Å². The highest BCUT2D eigenvalue weighted by Gasteiger charge is 2.06. The molecule has 0 aliphatic carbocycles. The molecular formula is C21H24N3O+. The third-order valence-electron chi connectivity index (χ3n) is 4.21. The molecule has 0 saturated heterocycles. The summed E-state index contributed by atoms with van der Waals surface area (Å²) in [5, 5.41) is 8.79. The van der Waals surface area contributed by atoms with Crippen LogP contribution in [0, 0.1) is 6.92 Å². The van der Waals surface area contributed by atoms with Crippen molar-refractivity contribution in [2.24, 2.45) is 0 Å². The van der Waals surface area contributed by atoms with Crippen LogP contribution in [0.5, 0.6) is 0 Å². The first-order valence-electron chi connectivity index (χ1n) is 8.66. The number of pyridine rings is 1. The minimum atomic E-state index is 0.0767. The van der Waals surface area contributed by atoms with Gasteiger partial charge in [-0.15, -0.1) is 0 Å². The number of amides is 1. The molecule has 0 fully saturated rings. The molecule has 1 aromatic heterocycles. The molecular weight excluding hydrogens is 310 g/mol. The van der Waals surface area contributed by atoms with Gasteiger partial charge < -0.3 is 10.6 Å². The second-order valence-corrected chi connectivity index (χ2v) is 6.17. The molecule has 0 bridgehead atoms. The summed E-state index contributed by atoms with van der Waals surface area (Å²) in [6.45, 7) is 4.07. The van der Waals surface area contributed by atoms with Crippen molar-refractivity contribution in [3.8, 4) is 0 Å². The van der Waals surface area contributed by atoms with Crippen molar-refractivity contribution >= 4 is 22.4 Å². The van der Waals surface area contributed by atoms with E-state index in [1.54, 1.807) is 0 Å². The van der Waals surface area contributed by atoms with Crippen LogP contribution in [0.3, 0.4) is 0 Å². The quantitative estimate of drug-likeness (QED) is 0.515. The molecule has 0 aliphatic rings. The number of rotatable bonds is 7. The van der Waals surface area contributed by atoms with Crippen molar-refractivity contribution in [1.29, 1.82) is 0 Å². The Bertz CT molecular complexity index is 838. The Balaban J connectivity index is 1.42. The molecule has 2 N–H and O–H groups in total. The van der Waals surface area contributed by atoms with Crippen molar-refractivity contribution in [1.82, 2.24) is 5.32 Å². The zero-order valence-electron chi connectivity index (χ0n) is 14.5. The van der Waals surface area contributed by atoms with Gasteiger partial charge in [-0.1, -0.05) is 36.4 Å². The maximum Gasteiger partial charge on any atom is 0.226 e. The minimum absolute atomic E-state index is 0.0767. The molecule has 0 saturated carbocycles. The van der Waals surface area contributed by atoms with E-state index in [1.807, 2.05) is 47.3 Å². The summed E-state index contributed by atoms with van der Waals surface area (Å²) in [6, 6.07) is 18.6. The first-order chi connectivity index (χ1) is 12.2. The van der Waals surface area contributed by atoms with Crippen LogP contribution in [-0.2, 0) is 11.3 Å². The Morgan fingerprint density at radius 1 is 0.960 bits per heavy atom. The summed E-state index contributed by atoms with van der Waals surface area (Å²) in [5.74, 6) is 0.0767. The molecule has 0 unspecified atom stereocenters. The lowest BCUT2D eigenvalue weighted by Gasteiger charge is -2.10. The van der Waals surface area contributed by atoms with Gasteiger partial charge in [0.25, 0.3) is 0 Å². The minimum Gasteiger partial charge on any atom is -0.383 e. The fourth-order valence-electron chi connectivity index (χ4n) is 2.78. The van der Waals surface area contributed by atoms with Gasteiger partial charge in [0.1, 0.15) is 0 Å². The van der Waals surface area contributed by atoms with Gasteiger partial charge in [0, 0.05) is 36.3 Å². The Hall–Kier alpha value is -2.88. The second-order valence-electron chi connectivity index (χ2n) is 6.17. The van der Waals surface area contributed by atoms with Gasteiger partial charge in [-0.25, -0.2) is 4.57 Å². The van der Waals surface area contributed by atoms with E-state index in [2.05, 4.69) is 41.8 Å². The number of anilines is 1. The van der Waals surface area contributed by atoms with Gasteiger partial charge in [-0.2, -0.15) is 0 Å². The van der Waals surface area contributed by atoms with Gasteiger partial charge in [0.05, 0.1) is 6.42 Å². The first kappa shape index (κ1) is 17.0. The summed E-state index contributed by atoms with van der Waals surface area (Å²) >= 11 is 0. The van der Waals surface area contributed by atoms with Crippen LogP contribution < -0.4 is 15.2 Å². The molecule has 0 atom stereocenters. The summed E-state index contributed by atoms with van der Waals surface area (Å²) < 4.78 is 2.03. The number of fused-ring (bicyclic) bond motifs is 1. The summed E-state index contributed by atoms with van der Waals surface area (Å²) in [7, 11) is 0. The SMILES string of the molecule is Cc1cc[n+](CCC(=O)NCCNc2cccc3ccccc23)cc1.